The molecule has 0 aliphatic heterocycles. The molecule has 0 spiro atoms. The van der Waals surface area contributed by atoms with Gasteiger partial charge in [-0.25, -0.2) is 4.98 Å². The van der Waals surface area contributed by atoms with Crippen LogP contribution < -0.4 is 10.1 Å². The van der Waals surface area contributed by atoms with E-state index in [-0.39, 0.29) is 6.04 Å². The van der Waals surface area contributed by atoms with Crippen LogP contribution in [0.1, 0.15) is 31.3 Å². The summed E-state index contributed by atoms with van der Waals surface area (Å²) in [7, 11) is 1.69. The molecule has 4 nitrogen and oxygen atoms in total. The maximum atomic E-state index is 5.21. The van der Waals surface area contributed by atoms with Crippen LogP contribution in [0.3, 0.4) is 0 Å². The molecule has 1 atom stereocenters. The molecule has 2 aromatic rings. The van der Waals surface area contributed by atoms with Crippen molar-refractivity contribution >= 4 is 0 Å². The number of hydrogen-bond acceptors (Lipinski definition) is 3. The summed E-state index contributed by atoms with van der Waals surface area (Å²) in [6, 6.07) is 8.52. The van der Waals surface area contributed by atoms with Crippen molar-refractivity contribution < 1.29 is 4.74 Å². The molecule has 1 aromatic heterocycles. The van der Waals surface area contributed by atoms with E-state index in [0.29, 0.717) is 0 Å². The first-order chi connectivity index (χ1) is 9.78. The van der Waals surface area contributed by atoms with Gasteiger partial charge in [0.05, 0.1) is 7.11 Å². The lowest BCUT2D eigenvalue weighted by Crippen LogP contribution is -2.24. The minimum atomic E-state index is 0.276. The van der Waals surface area contributed by atoms with Gasteiger partial charge in [-0.3, -0.25) is 0 Å². The third-order valence-corrected chi connectivity index (χ3v) is 3.50. The number of methoxy groups -OCH3 is 1. The third kappa shape index (κ3) is 3.39. The van der Waals surface area contributed by atoms with Crippen LogP contribution in [0.4, 0.5) is 0 Å². The Kier molecular flexibility index (Phi) is 5.18. The fourth-order valence-corrected chi connectivity index (χ4v) is 2.39. The molecule has 1 aromatic carbocycles. The molecule has 4 heteroatoms. The van der Waals surface area contributed by atoms with Crippen LogP contribution in [0.2, 0.25) is 0 Å². The molecule has 0 radical (unpaired) electrons. The van der Waals surface area contributed by atoms with Crippen molar-refractivity contribution in [3.05, 3.63) is 48.0 Å². The second kappa shape index (κ2) is 7.10. The summed E-state index contributed by atoms with van der Waals surface area (Å²) in [5, 5.41) is 3.53. The highest BCUT2D eigenvalue weighted by Crippen LogP contribution is 2.20. The fraction of sp³-hybridized carbons (Fsp3) is 0.438. The van der Waals surface area contributed by atoms with E-state index in [1.54, 1.807) is 7.11 Å². The van der Waals surface area contributed by atoms with E-state index < -0.39 is 0 Å². The summed E-state index contributed by atoms with van der Waals surface area (Å²) in [6.07, 6.45) is 4.79. The van der Waals surface area contributed by atoms with E-state index in [0.717, 1.165) is 31.1 Å². The van der Waals surface area contributed by atoms with E-state index in [1.807, 2.05) is 24.5 Å². The quantitative estimate of drug-likeness (QED) is 0.843. The molecule has 2 rings (SSSR count). The number of aromatic nitrogens is 2. The minimum Gasteiger partial charge on any atom is -0.497 e. The number of nitrogens with one attached hydrogen (secondary N) is 1. The lowest BCUT2D eigenvalue weighted by Gasteiger charge is -2.19. The number of likely N-dealkylation sites (N-methyl/N-ethyl adjacent to an activating group) is 1. The zero-order chi connectivity index (χ0) is 14.4. The van der Waals surface area contributed by atoms with Gasteiger partial charge in [0.15, 0.2) is 0 Å². The van der Waals surface area contributed by atoms with Crippen molar-refractivity contribution in [1.82, 2.24) is 14.9 Å². The van der Waals surface area contributed by atoms with Gasteiger partial charge in [-0.2, -0.15) is 0 Å². The molecule has 1 unspecified atom stereocenters. The Bertz CT molecular complexity index is 519. The predicted molar refractivity (Wildman–Crippen MR) is 81.0 cm³/mol. The molecule has 0 bridgehead atoms. The molecule has 1 heterocycles. The predicted octanol–water partition coefficient (Wildman–Crippen LogP) is 2.80. The highest BCUT2D eigenvalue weighted by atomic mass is 16.5. The summed E-state index contributed by atoms with van der Waals surface area (Å²) in [4.78, 5) is 4.47. The number of benzene rings is 1. The monoisotopic (exact) mass is 273 g/mol. The maximum Gasteiger partial charge on any atom is 0.118 e. The van der Waals surface area contributed by atoms with Gasteiger partial charge in [0.25, 0.3) is 0 Å². The van der Waals surface area contributed by atoms with Gasteiger partial charge >= 0.3 is 0 Å². The Balaban J connectivity index is 2.17. The van der Waals surface area contributed by atoms with E-state index in [4.69, 9.17) is 4.74 Å². The van der Waals surface area contributed by atoms with Crippen molar-refractivity contribution in [2.45, 2.75) is 32.9 Å². The molecule has 20 heavy (non-hydrogen) atoms. The molecule has 0 fully saturated rings. The van der Waals surface area contributed by atoms with Crippen molar-refractivity contribution in [3.63, 3.8) is 0 Å². The van der Waals surface area contributed by atoms with Gasteiger partial charge in [0.2, 0.25) is 0 Å². The highest BCUT2D eigenvalue weighted by Gasteiger charge is 2.14. The van der Waals surface area contributed by atoms with Gasteiger partial charge < -0.3 is 14.6 Å². The van der Waals surface area contributed by atoms with Crippen molar-refractivity contribution in [3.8, 4) is 5.75 Å². The van der Waals surface area contributed by atoms with Crippen LogP contribution in [0.15, 0.2) is 36.7 Å². The van der Waals surface area contributed by atoms with Gasteiger partial charge in [0, 0.05) is 31.4 Å². The summed E-state index contributed by atoms with van der Waals surface area (Å²) in [5.41, 5.74) is 1.26. The first-order valence-electron chi connectivity index (χ1n) is 7.15. The first-order valence-corrected chi connectivity index (χ1v) is 7.15. The van der Waals surface area contributed by atoms with Gasteiger partial charge in [-0.05, 0) is 31.2 Å². The lowest BCUT2D eigenvalue weighted by atomic mass is 10.0. The largest absolute Gasteiger partial charge is 0.497 e. The zero-order valence-corrected chi connectivity index (χ0v) is 12.5. The number of hydrogen-bond donors (Lipinski definition) is 1. The second-order valence-electron chi connectivity index (χ2n) is 4.72. The standard InChI is InChI=1S/C16H23N3O/c1-4-17-15(12-16-18-10-11-19(16)5-2)13-6-8-14(20-3)9-7-13/h6-11,15,17H,4-5,12H2,1-3H3. The minimum absolute atomic E-state index is 0.276. The summed E-state index contributed by atoms with van der Waals surface area (Å²) in [5.74, 6) is 2.01. The number of nitrogens with zero attached hydrogens (tertiary/aromatic N) is 2. The lowest BCUT2D eigenvalue weighted by molar-refractivity contribution is 0.414. The van der Waals surface area contributed by atoms with Crippen molar-refractivity contribution in [2.75, 3.05) is 13.7 Å². The Morgan fingerprint density at radius 1 is 1.25 bits per heavy atom. The van der Waals surface area contributed by atoms with Gasteiger partial charge in [0.1, 0.15) is 11.6 Å². The van der Waals surface area contributed by atoms with E-state index in [9.17, 15) is 0 Å². The van der Waals surface area contributed by atoms with Crippen molar-refractivity contribution in [1.29, 1.82) is 0 Å². The van der Waals surface area contributed by atoms with Crippen LogP contribution in [0.5, 0.6) is 5.75 Å². The fourth-order valence-electron chi connectivity index (χ4n) is 2.39. The molecular weight excluding hydrogens is 250 g/mol. The molecule has 0 aliphatic rings. The van der Waals surface area contributed by atoms with Crippen molar-refractivity contribution in [2.24, 2.45) is 0 Å². The smallest absolute Gasteiger partial charge is 0.118 e. The third-order valence-electron chi connectivity index (χ3n) is 3.50. The maximum absolute atomic E-state index is 5.21. The Morgan fingerprint density at radius 2 is 2.00 bits per heavy atom. The molecule has 108 valence electrons. The highest BCUT2D eigenvalue weighted by molar-refractivity contribution is 5.29. The normalized spacial score (nSPS) is 12.3. The summed E-state index contributed by atoms with van der Waals surface area (Å²) < 4.78 is 7.40. The Hall–Kier alpha value is -1.81. The number of ether oxygens (including phenoxy) is 1. The van der Waals surface area contributed by atoms with E-state index >= 15 is 0 Å². The Labute approximate surface area is 120 Å². The van der Waals surface area contributed by atoms with Crippen LogP contribution in [-0.4, -0.2) is 23.2 Å². The average Bonchev–Trinajstić information content (AvgIpc) is 2.94. The molecule has 0 amide bonds. The molecule has 1 N–H and O–H groups in total. The van der Waals surface area contributed by atoms with E-state index in [2.05, 4.69) is 40.8 Å². The zero-order valence-electron chi connectivity index (χ0n) is 12.5. The van der Waals surface area contributed by atoms with E-state index in [1.165, 1.54) is 5.56 Å². The summed E-state index contributed by atoms with van der Waals surface area (Å²) >= 11 is 0. The van der Waals surface area contributed by atoms with Crippen LogP contribution in [-0.2, 0) is 13.0 Å². The van der Waals surface area contributed by atoms with Crippen LogP contribution in [0, 0.1) is 0 Å². The molecule has 0 saturated carbocycles. The molecule has 0 aliphatic carbocycles. The topological polar surface area (TPSA) is 39.1 Å². The van der Waals surface area contributed by atoms with Crippen LogP contribution in [0.25, 0.3) is 0 Å². The van der Waals surface area contributed by atoms with Gasteiger partial charge in [-0.15, -0.1) is 0 Å². The first kappa shape index (κ1) is 14.6. The molecular formula is C16H23N3O. The molecule has 0 saturated heterocycles. The number of aryl methyl sites for hydroxylation is 1. The number of imidazole rings is 1. The second-order valence-corrected chi connectivity index (χ2v) is 4.72. The summed E-state index contributed by atoms with van der Waals surface area (Å²) in [6.45, 7) is 6.16. The van der Waals surface area contributed by atoms with Gasteiger partial charge in [-0.1, -0.05) is 19.1 Å². The average molecular weight is 273 g/mol. The Morgan fingerprint density at radius 3 is 2.60 bits per heavy atom. The van der Waals surface area contributed by atoms with Crippen LogP contribution >= 0.6 is 0 Å². The SMILES string of the molecule is CCNC(Cc1nccn1CC)c1ccc(OC)cc1. The number of rotatable bonds is 7.